The fraction of sp³-hybridized carbons (Fsp3) is 0.552. The molecule has 3 heterocycles. The number of benzene rings is 2. The summed E-state index contributed by atoms with van der Waals surface area (Å²) >= 11 is 0. The van der Waals surface area contributed by atoms with Crippen molar-refractivity contribution in [3.8, 4) is 16.9 Å². The molecular weight excluding hydrogens is 443 g/mol. The topological polar surface area (TPSA) is 50.8 Å². The lowest BCUT2D eigenvalue weighted by molar-refractivity contribution is -0.0349. The third kappa shape index (κ3) is 4.53. The lowest BCUT2D eigenvalue weighted by Gasteiger charge is -2.44. The minimum atomic E-state index is -0.392. The van der Waals surface area contributed by atoms with Crippen LogP contribution in [-0.2, 0) is 11.2 Å². The number of alkyl carbamates (subject to hydrolysis) is 1. The number of amides is 1. The first-order valence-electron chi connectivity index (χ1n) is 12.9. The number of carbonyl (C=O) groups is 1. The number of piperidine rings is 3. The standard InChI is InChI=1S/C29H37FN2O3/c1-6-34-26-17(2)11-20(12-18(26)3)22-13-21-15-29(4,5)27(23(21)14-24(22)30)31-28(33)35-25-16-32-9-7-19(25)8-10-32/h11-14,19,25,27H,6-10,15-16H2,1-5H3,(H,31,33)/t25-,27?/m0/s1. The SMILES string of the molecule is CCOc1c(C)cc(-c2cc3c(cc2F)C(NC(=O)O[C@H]2CN4CCC2CC4)C(C)(C)C3)cc1C. The number of fused-ring (bicyclic) bond motifs is 4. The number of ether oxygens (including phenoxy) is 2. The Kier molecular flexibility index (Phi) is 6.28. The van der Waals surface area contributed by atoms with E-state index < -0.39 is 6.09 Å². The van der Waals surface area contributed by atoms with E-state index in [1.807, 2.05) is 39.0 Å². The summed E-state index contributed by atoms with van der Waals surface area (Å²) in [7, 11) is 0. The van der Waals surface area contributed by atoms with Gasteiger partial charge in [0, 0.05) is 12.1 Å². The zero-order valence-corrected chi connectivity index (χ0v) is 21.5. The molecule has 1 N–H and O–H groups in total. The predicted octanol–water partition coefficient (Wildman–Crippen LogP) is 5.95. The maximum atomic E-state index is 15.5. The first-order chi connectivity index (χ1) is 16.7. The number of halogens is 1. The van der Waals surface area contributed by atoms with E-state index >= 15 is 4.39 Å². The molecule has 2 bridgehead atoms. The highest BCUT2D eigenvalue weighted by Gasteiger charge is 2.42. The summed E-state index contributed by atoms with van der Waals surface area (Å²) in [5.41, 5.74) is 5.11. The Labute approximate surface area is 208 Å². The van der Waals surface area contributed by atoms with E-state index in [1.54, 1.807) is 6.07 Å². The number of hydrogen-bond donors (Lipinski definition) is 1. The van der Waals surface area contributed by atoms with E-state index in [1.165, 1.54) is 0 Å². The fourth-order valence-corrected chi connectivity index (χ4v) is 6.38. The summed E-state index contributed by atoms with van der Waals surface area (Å²) in [6.45, 7) is 13.8. The van der Waals surface area contributed by atoms with Crippen LogP contribution in [0.2, 0.25) is 0 Å². The zero-order chi connectivity index (χ0) is 24.9. The molecule has 3 fully saturated rings. The number of aryl methyl sites for hydroxylation is 2. The second-order valence-electron chi connectivity index (χ2n) is 11.2. The van der Waals surface area contributed by atoms with E-state index in [-0.39, 0.29) is 23.4 Å². The van der Waals surface area contributed by atoms with Crippen molar-refractivity contribution in [1.29, 1.82) is 0 Å². The molecule has 1 unspecified atom stereocenters. The van der Waals surface area contributed by atoms with Gasteiger partial charge in [0.2, 0.25) is 0 Å². The number of nitrogens with one attached hydrogen (secondary N) is 1. The van der Waals surface area contributed by atoms with E-state index in [0.717, 1.165) is 72.5 Å². The molecule has 3 saturated heterocycles. The Morgan fingerprint density at radius 2 is 1.83 bits per heavy atom. The molecule has 5 nitrogen and oxygen atoms in total. The summed E-state index contributed by atoms with van der Waals surface area (Å²) in [6, 6.07) is 7.26. The summed E-state index contributed by atoms with van der Waals surface area (Å²) in [5, 5.41) is 3.10. The molecule has 188 valence electrons. The summed E-state index contributed by atoms with van der Waals surface area (Å²) in [5.74, 6) is 1.04. The molecule has 0 radical (unpaired) electrons. The van der Waals surface area contributed by atoms with Gasteiger partial charge in [-0.1, -0.05) is 13.8 Å². The van der Waals surface area contributed by atoms with Crippen LogP contribution in [0.4, 0.5) is 9.18 Å². The molecule has 2 aromatic carbocycles. The molecule has 35 heavy (non-hydrogen) atoms. The van der Waals surface area contributed by atoms with Gasteiger partial charge in [0.25, 0.3) is 0 Å². The maximum absolute atomic E-state index is 15.5. The molecule has 4 aliphatic rings. The normalized spacial score (nSPS) is 26.3. The lowest BCUT2D eigenvalue weighted by atomic mass is 9.85. The van der Waals surface area contributed by atoms with Crippen LogP contribution in [-0.4, -0.2) is 43.3 Å². The van der Waals surface area contributed by atoms with Gasteiger partial charge in [-0.25, -0.2) is 9.18 Å². The molecule has 1 amide bonds. The summed E-state index contributed by atoms with van der Waals surface area (Å²) in [4.78, 5) is 15.3. The Hall–Kier alpha value is -2.60. The third-order valence-electron chi connectivity index (χ3n) is 8.14. The summed E-state index contributed by atoms with van der Waals surface area (Å²) < 4.78 is 27.1. The van der Waals surface area contributed by atoms with Gasteiger partial charge in [-0.2, -0.15) is 0 Å². The first kappa shape index (κ1) is 24.1. The Bertz CT molecular complexity index is 1110. The van der Waals surface area contributed by atoms with Crippen LogP contribution in [0.25, 0.3) is 11.1 Å². The number of nitrogens with zero attached hydrogens (tertiary/aromatic N) is 1. The van der Waals surface area contributed by atoms with Gasteiger partial charge >= 0.3 is 6.09 Å². The average Bonchev–Trinajstić information content (AvgIpc) is 3.05. The Morgan fingerprint density at radius 1 is 1.14 bits per heavy atom. The molecule has 6 rings (SSSR count). The van der Waals surface area contributed by atoms with Crippen LogP contribution in [0.1, 0.15) is 61.9 Å². The molecule has 0 aromatic heterocycles. The lowest BCUT2D eigenvalue weighted by Crippen LogP contribution is -2.53. The smallest absolute Gasteiger partial charge is 0.407 e. The molecular formula is C29H37FN2O3. The largest absolute Gasteiger partial charge is 0.493 e. The molecule has 2 aromatic rings. The van der Waals surface area contributed by atoms with E-state index in [0.29, 0.717) is 18.1 Å². The van der Waals surface area contributed by atoms with Gasteiger partial charge in [0.1, 0.15) is 17.7 Å². The van der Waals surface area contributed by atoms with Gasteiger partial charge in [-0.15, -0.1) is 0 Å². The van der Waals surface area contributed by atoms with Gasteiger partial charge in [-0.3, -0.25) is 4.90 Å². The number of rotatable bonds is 5. The minimum absolute atomic E-state index is 0.0493. The average molecular weight is 481 g/mol. The minimum Gasteiger partial charge on any atom is -0.493 e. The summed E-state index contributed by atoms with van der Waals surface area (Å²) in [6.07, 6.45) is 2.50. The van der Waals surface area contributed by atoms with Crippen molar-refractivity contribution in [1.82, 2.24) is 10.2 Å². The number of hydrogen-bond acceptors (Lipinski definition) is 4. The zero-order valence-electron chi connectivity index (χ0n) is 21.5. The monoisotopic (exact) mass is 480 g/mol. The highest BCUT2D eigenvalue weighted by Crippen LogP contribution is 2.47. The second-order valence-corrected chi connectivity index (χ2v) is 11.2. The first-order valence-corrected chi connectivity index (χ1v) is 12.9. The van der Waals surface area contributed by atoms with Crippen LogP contribution < -0.4 is 10.1 Å². The van der Waals surface area contributed by atoms with Crippen molar-refractivity contribution in [2.45, 2.75) is 66.0 Å². The highest BCUT2D eigenvalue weighted by molar-refractivity contribution is 5.72. The molecule has 6 heteroatoms. The van der Waals surface area contributed by atoms with Crippen molar-refractivity contribution < 1.29 is 18.7 Å². The molecule has 0 saturated carbocycles. The van der Waals surface area contributed by atoms with Crippen LogP contribution in [0.3, 0.4) is 0 Å². The highest BCUT2D eigenvalue weighted by atomic mass is 19.1. The van der Waals surface area contributed by atoms with Crippen molar-refractivity contribution in [2.24, 2.45) is 11.3 Å². The molecule has 1 aliphatic carbocycles. The van der Waals surface area contributed by atoms with E-state index in [4.69, 9.17) is 9.47 Å². The van der Waals surface area contributed by atoms with E-state index in [9.17, 15) is 4.79 Å². The Balaban J connectivity index is 1.38. The predicted molar refractivity (Wildman–Crippen MR) is 135 cm³/mol. The van der Waals surface area contributed by atoms with Crippen molar-refractivity contribution >= 4 is 6.09 Å². The fourth-order valence-electron chi connectivity index (χ4n) is 6.38. The Morgan fingerprint density at radius 3 is 2.43 bits per heavy atom. The second kappa shape index (κ2) is 9.12. The molecule has 2 atom stereocenters. The van der Waals surface area contributed by atoms with Crippen LogP contribution >= 0.6 is 0 Å². The van der Waals surface area contributed by atoms with Crippen LogP contribution in [0.15, 0.2) is 24.3 Å². The van der Waals surface area contributed by atoms with Crippen molar-refractivity contribution in [3.05, 3.63) is 52.3 Å². The molecule has 0 spiro atoms. The third-order valence-corrected chi connectivity index (χ3v) is 8.14. The van der Waals surface area contributed by atoms with Gasteiger partial charge < -0.3 is 14.8 Å². The van der Waals surface area contributed by atoms with Gasteiger partial charge in [0.15, 0.2) is 0 Å². The van der Waals surface area contributed by atoms with Gasteiger partial charge in [0.05, 0.1) is 12.6 Å². The quantitative estimate of drug-likeness (QED) is 0.574. The molecule has 3 aliphatic heterocycles. The van der Waals surface area contributed by atoms with Crippen molar-refractivity contribution in [3.63, 3.8) is 0 Å². The van der Waals surface area contributed by atoms with Crippen molar-refractivity contribution in [2.75, 3.05) is 26.2 Å². The van der Waals surface area contributed by atoms with E-state index in [2.05, 4.69) is 24.1 Å². The maximum Gasteiger partial charge on any atom is 0.407 e. The van der Waals surface area contributed by atoms with Crippen LogP contribution in [0, 0.1) is 31.0 Å². The number of carbonyl (C=O) groups excluding carboxylic acids is 1. The van der Waals surface area contributed by atoms with Crippen LogP contribution in [0.5, 0.6) is 5.75 Å². The van der Waals surface area contributed by atoms with Gasteiger partial charge in [-0.05, 0) is 117 Å².